The van der Waals surface area contributed by atoms with E-state index in [0.717, 1.165) is 46.0 Å². The first kappa shape index (κ1) is 33.4. The van der Waals surface area contributed by atoms with E-state index in [1.54, 1.807) is 31.2 Å². The standard InChI is InChI=1S/C36H37N3O4S3/c1-4-30(45-28-13-9-12-27(21-28)38-36(44)37-26-17-14-23(15-18-26)22(3)40)33(41)39-34-32(35(42)43-5-2)29-19-16-25(20-31(29)46-34)24-10-7-6-8-11-24/h6-15,17-18,21,25,30H,4-5,16,19-20H2,1-3H3,(H,39,41)(H2,37,38,44). The number of rotatable bonds is 11. The number of ether oxygens (including phenoxy) is 1. The zero-order chi connectivity index (χ0) is 32.6. The van der Waals surface area contributed by atoms with Crippen LogP contribution in [0.25, 0.3) is 0 Å². The SMILES string of the molecule is CCOC(=O)c1c(NC(=O)C(CC)Sc2cccc(NC(=S)Nc3ccc(C(C)=O)cc3)c2)sc2c1CCC(c1ccccc1)C2. The molecule has 1 aliphatic carbocycles. The Balaban J connectivity index is 1.26. The molecule has 2 unspecified atom stereocenters. The van der Waals surface area contributed by atoms with Crippen LogP contribution in [0.3, 0.4) is 0 Å². The van der Waals surface area contributed by atoms with Crippen molar-refractivity contribution in [2.24, 2.45) is 0 Å². The number of thiophene rings is 1. The number of hydrogen-bond acceptors (Lipinski definition) is 7. The summed E-state index contributed by atoms with van der Waals surface area (Å²) in [5, 5.41) is 10.0. The van der Waals surface area contributed by atoms with Gasteiger partial charge in [-0.3, -0.25) is 9.59 Å². The molecule has 10 heteroatoms. The fourth-order valence-electron chi connectivity index (χ4n) is 5.51. The van der Waals surface area contributed by atoms with Gasteiger partial charge in [-0.25, -0.2) is 4.79 Å². The van der Waals surface area contributed by atoms with Gasteiger partial charge in [-0.15, -0.1) is 23.1 Å². The first-order chi connectivity index (χ1) is 22.2. The van der Waals surface area contributed by atoms with Crippen LogP contribution in [0.2, 0.25) is 0 Å². The zero-order valence-electron chi connectivity index (χ0n) is 26.1. The lowest BCUT2D eigenvalue weighted by atomic mass is 9.83. The summed E-state index contributed by atoms with van der Waals surface area (Å²) in [6.07, 6.45) is 3.14. The predicted molar refractivity (Wildman–Crippen MR) is 193 cm³/mol. The highest BCUT2D eigenvalue weighted by molar-refractivity contribution is 8.00. The summed E-state index contributed by atoms with van der Waals surface area (Å²) in [5.74, 6) is -0.152. The summed E-state index contributed by atoms with van der Waals surface area (Å²) in [7, 11) is 0. The Kier molecular flexibility index (Phi) is 11.3. The first-order valence-corrected chi connectivity index (χ1v) is 17.5. The number of ketones is 1. The molecule has 238 valence electrons. The summed E-state index contributed by atoms with van der Waals surface area (Å²) in [5.41, 5.74) is 4.99. The number of esters is 1. The zero-order valence-corrected chi connectivity index (χ0v) is 28.5. The van der Waals surface area contributed by atoms with E-state index in [9.17, 15) is 14.4 Å². The van der Waals surface area contributed by atoms with E-state index in [1.165, 1.54) is 35.6 Å². The van der Waals surface area contributed by atoms with Gasteiger partial charge in [0.15, 0.2) is 10.9 Å². The highest BCUT2D eigenvalue weighted by Crippen LogP contribution is 2.43. The third-order valence-electron chi connectivity index (χ3n) is 7.84. The van der Waals surface area contributed by atoms with Crippen molar-refractivity contribution >= 4 is 74.5 Å². The molecule has 1 amide bonds. The molecular weight excluding hydrogens is 635 g/mol. The Labute approximate surface area is 283 Å². The molecule has 0 bridgehead atoms. The van der Waals surface area contributed by atoms with Crippen LogP contribution < -0.4 is 16.0 Å². The molecule has 0 radical (unpaired) electrons. The Bertz CT molecular complexity index is 1720. The Morgan fingerprint density at radius 2 is 1.70 bits per heavy atom. The van der Waals surface area contributed by atoms with Gasteiger partial charge < -0.3 is 20.7 Å². The molecule has 0 aliphatic heterocycles. The van der Waals surface area contributed by atoms with E-state index < -0.39 is 0 Å². The van der Waals surface area contributed by atoms with Crippen LogP contribution in [0.4, 0.5) is 16.4 Å². The number of benzene rings is 3. The smallest absolute Gasteiger partial charge is 0.341 e. The van der Waals surface area contributed by atoms with E-state index >= 15 is 0 Å². The van der Waals surface area contributed by atoms with Gasteiger partial charge in [-0.05, 0) is 111 Å². The molecule has 46 heavy (non-hydrogen) atoms. The first-order valence-electron chi connectivity index (χ1n) is 15.4. The van der Waals surface area contributed by atoms with Gasteiger partial charge in [-0.1, -0.05) is 43.3 Å². The third-order valence-corrected chi connectivity index (χ3v) is 10.6. The van der Waals surface area contributed by atoms with Crippen LogP contribution in [0, 0.1) is 0 Å². The average molecular weight is 672 g/mol. The van der Waals surface area contributed by atoms with E-state index in [2.05, 4.69) is 40.2 Å². The van der Waals surface area contributed by atoms with Crippen LogP contribution >= 0.6 is 35.3 Å². The van der Waals surface area contributed by atoms with E-state index in [4.69, 9.17) is 17.0 Å². The molecular formula is C36H37N3O4S3. The molecule has 1 heterocycles. The highest BCUT2D eigenvalue weighted by Gasteiger charge is 2.32. The van der Waals surface area contributed by atoms with Crippen LogP contribution in [0.1, 0.15) is 76.3 Å². The van der Waals surface area contributed by atoms with Gasteiger partial charge in [0.1, 0.15) is 5.00 Å². The summed E-state index contributed by atoms with van der Waals surface area (Å²) in [4.78, 5) is 40.4. The summed E-state index contributed by atoms with van der Waals surface area (Å²) in [6.45, 7) is 5.57. The monoisotopic (exact) mass is 671 g/mol. The maximum Gasteiger partial charge on any atom is 0.341 e. The van der Waals surface area contributed by atoms with Crippen molar-refractivity contribution in [2.75, 3.05) is 22.6 Å². The molecule has 0 spiro atoms. The molecule has 3 N–H and O–H groups in total. The molecule has 2 atom stereocenters. The quantitative estimate of drug-likeness (QED) is 0.0631. The number of amides is 1. The van der Waals surface area contributed by atoms with Gasteiger partial charge in [0.05, 0.1) is 17.4 Å². The molecule has 1 aliphatic rings. The maximum atomic E-state index is 13.7. The average Bonchev–Trinajstić information content (AvgIpc) is 3.41. The molecule has 7 nitrogen and oxygen atoms in total. The van der Waals surface area contributed by atoms with Gasteiger partial charge in [0.25, 0.3) is 0 Å². The number of hydrogen-bond donors (Lipinski definition) is 3. The highest BCUT2D eigenvalue weighted by atomic mass is 32.2. The largest absolute Gasteiger partial charge is 0.462 e. The maximum absolute atomic E-state index is 13.7. The van der Waals surface area contributed by atoms with Crippen molar-refractivity contribution < 1.29 is 19.1 Å². The van der Waals surface area contributed by atoms with Gasteiger partial charge in [0.2, 0.25) is 5.91 Å². The van der Waals surface area contributed by atoms with Crippen molar-refractivity contribution in [1.82, 2.24) is 0 Å². The fourth-order valence-corrected chi connectivity index (χ4v) is 8.08. The van der Waals surface area contributed by atoms with Crippen LogP contribution in [0.15, 0.2) is 83.8 Å². The third kappa shape index (κ3) is 8.23. The summed E-state index contributed by atoms with van der Waals surface area (Å²) in [6, 6.07) is 25.3. The number of carbonyl (C=O) groups excluding carboxylic acids is 3. The fraction of sp³-hybridized carbons (Fsp3) is 0.278. The van der Waals surface area contributed by atoms with Crippen molar-refractivity contribution in [3.05, 3.63) is 106 Å². The van der Waals surface area contributed by atoms with Gasteiger partial charge in [0, 0.05) is 26.7 Å². The predicted octanol–water partition coefficient (Wildman–Crippen LogP) is 8.72. The number of thiocarbonyl (C=S) groups is 1. The van der Waals surface area contributed by atoms with Gasteiger partial charge >= 0.3 is 5.97 Å². The van der Waals surface area contributed by atoms with Crippen molar-refractivity contribution in [2.45, 2.75) is 62.5 Å². The normalized spacial score (nSPS) is 14.5. The molecule has 0 saturated carbocycles. The minimum absolute atomic E-state index is 0.00607. The second-order valence-electron chi connectivity index (χ2n) is 11.0. The topological polar surface area (TPSA) is 96.5 Å². The van der Waals surface area contributed by atoms with E-state index in [-0.39, 0.29) is 29.5 Å². The Morgan fingerprint density at radius 3 is 2.39 bits per heavy atom. The molecule has 1 aromatic heterocycles. The van der Waals surface area contributed by atoms with Crippen molar-refractivity contribution in [1.29, 1.82) is 0 Å². The number of nitrogens with one attached hydrogen (secondary N) is 3. The lowest BCUT2D eigenvalue weighted by molar-refractivity contribution is -0.115. The number of thioether (sulfide) groups is 1. The van der Waals surface area contributed by atoms with Crippen LogP contribution in [0.5, 0.6) is 0 Å². The number of fused-ring (bicyclic) bond motifs is 1. The number of anilines is 3. The van der Waals surface area contributed by atoms with Crippen molar-refractivity contribution in [3.8, 4) is 0 Å². The lowest BCUT2D eigenvalue weighted by Crippen LogP contribution is -2.25. The molecule has 0 fully saturated rings. The number of carbonyl (C=O) groups is 3. The second kappa shape index (κ2) is 15.5. The summed E-state index contributed by atoms with van der Waals surface area (Å²) < 4.78 is 5.44. The minimum atomic E-state index is -0.383. The van der Waals surface area contributed by atoms with E-state index in [0.29, 0.717) is 33.6 Å². The molecule has 0 saturated heterocycles. The van der Waals surface area contributed by atoms with Crippen molar-refractivity contribution in [3.63, 3.8) is 0 Å². The van der Waals surface area contributed by atoms with Gasteiger partial charge in [-0.2, -0.15) is 0 Å². The van der Waals surface area contributed by atoms with Crippen LogP contribution in [-0.4, -0.2) is 34.6 Å². The summed E-state index contributed by atoms with van der Waals surface area (Å²) >= 11 is 8.46. The second-order valence-corrected chi connectivity index (χ2v) is 13.8. The van der Waals surface area contributed by atoms with E-state index in [1.807, 2.05) is 37.3 Å². The Morgan fingerprint density at radius 1 is 0.957 bits per heavy atom. The Hall–Kier alpha value is -3.99. The molecule has 3 aromatic carbocycles. The minimum Gasteiger partial charge on any atom is -0.462 e. The molecule has 5 rings (SSSR count). The lowest BCUT2D eigenvalue weighted by Gasteiger charge is -2.23. The molecule has 4 aromatic rings. The van der Waals surface area contributed by atoms with Crippen LogP contribution in [-0.2, 0) is 22.4 Å². The number of Topliss-reactive ketones (excluding diaryl/α,β-unsaturated/α-hetero) is 1.